The highest BCUT2D eigenvalue weighted by Gasteiger charge is 2.19. The van der Waals surface area contributed by atoms with Crippen molar-refractivity contribution in [2.45, 2.75) is 20.3 Å². The fourth-order valence-corrected chi connectivity index (χ4v) is 2.03. The van der Waals surface area contributed by atoms with Crippen molar-refractivity contribution in [1.29, 1.82) is 0 Å². The van der Waals surface area contributed by atoms with Gasteiger partial charge in [0.15, 0.2) is 6.61 Å². The van der Waals surface area contributed by atoms with E-state index in [2.05, 4.69) is 24.1 Å². The summed E-state index contributed by atoms with van der Waals surface area (Å²) in [5.41, 5.74) is 8.33. The van der Waals surface area contributed by atoms with Crippen LogP contribution in [0.25, 0.3) is 0 Å². The Kier molecular flexibility index (Phi) is 3.83. The molecule has 1 amide bonds. The standard InChI is InChI=1S/C14H21N3O2/c1-9(2)4-5-17(3)12-7-11-13(6-10(12)15)19-8-14(18)16-11/h6-7,9H,4-5,8,15H2,1-3H3,(H,16,18). The number of ether oxygens (including phenoxy) is 1. The lowest BCUT2D eigenvalue weighted by Crippen LogP contribution is -2.26. The molecule has 104 valence electrons. The van der Waals surface area contributed by atoms with E-state index in [1.165, 1.54) is 0 Å². The molecular weight excluding hydrogens is 242 g/mol. The van der Waals surface area contributed by atoms with Crippen LogP contribution in [0.3, 0.4) is 0 Å². The van der Waals surface area contributed by atoms with Crippen LogP contribution in [0.2, 0.25) is 0 Å². The summed E-state index contributed by atoms with van der Waals surface area (Å²) < 4.78 is 5.34. The van der Waals surface area contributed by atoms with Crippen LogP contribution in [0.4, 0.5) is 17.1 Å². The molecular formula is C14H21N3O2. The van der Waals surface area contributed by atoms with Crippen LogP contribution >= 0.6 is 0 Å². The van der Waals surface area contributed by atoms with E-state index in [1.54, 1.807) is 6.07 Å². The summed E-state index contributed by atoms with van der Waals surface area (Å²) in [6.07, 6.45) is 1.09. The van der Waals surface area contributed by atoms with Gasteiger partial charge in [-0.25, -0.2) is 0 Å². The van der Waals surface area contributed by atoms with Crippen molar-refractivity contribution in [3.05, 3.63) is 12.1 Å². The van der Waals surface area contributed by atoms with Gasteiger partial charge < -0.3 is 20.7 Å². The minimum atomic E-state index is -0.131. The van der Waals surface area contributed by atoms with Gasteiger partial charge in [-0.3, -0.25) is 4.79 Å². The fourth-order valence-electron chi connectivity index (χ4n) is 2.03. The van der Waals surface area contributed by atoms with Crippen molar-refractivity contribution in [3.8, 4) is 5.75 Å². The second kappa shape index (κ2) is 5.38. The highest BCUT2D eigenvalue weighted by molar-refractivity contribution is 5.97. The van der Waals surface area contributed by atoms with Crippen LogP contribution in [0.15, 0.2) is 12.1 Å². The number of nitrogen functional groups attached to an aromatic ring is 1. The number of nitrogens with one attached hydrogen (secondary N) is 1. The van der Waals surface area contributed by atoms with Gasteiger partial charge in [0.05, 0.1) is 17.1 Å². The van der Waals surface area contributed by atoms with E-state index in [1.807, 2.05) is 13.1 Å². The maximum absolute atomic E-state index is 11.3. The Hall–Kier alpha value is -1.91. The van der Waals surface area contributed by atoms with E-state index in [9.17, 15) is 4.79 Å². The molecule has 1 aliphatic heterocycles. The molecule has 2 rings (SSSR count). The fraction of sp³-hybridized carbons (Fsp3) is 0.500. The molecule has 1 aromatic carbocycles. The average Bonchev–Trinajstić information content (AvgIpc) is 2.35. The maximum atomic E-state index is 11.3. The van der Waals surface area contributed by atoms with Gasteiger partial charge in [0.2, 0.25) is 0 Å². The van der Waals surface area contributed by atoms with Crippen LogP contribution in [0, 0.1) is 5.92 Å². The summed E-state index contributed by atoms with van der Waals surface area (Å²) in [7, 11) is 2.01. The molecule has 0 aliphatic carbocycles. The zero-order valence-electron chi connectivity index (χ0n) is 11.7. The molecule has 1 heterocycles. The molecule has 1 aromatic rings. The molecule has 0 radical (unpaired) electrons. The Morgan fingerprint density at radius 3 is 2.89 bits per heavy atom. The monoisotopic (exact) mass is 263 g/mol. The Balaban J connectivity index is 2.21. The molecule has 0 saturated carbocycles. The van der Waals surface area contributed by atoms with Crippen molar-refractivity contribution in [2.75, 3.05) is 36.1 Å². The van der Waals surface area contributed by atoms with Crippen molar-refractivity contribution in [3.63, 3.8) is 0 Å². The third-order valence-electron chi connectivity index (χ3n) is 3.21. The van der Waals surface area contributed by atoms with E-state index >= 15 is 0 Å². The van der Waals surface area contributed by atoms with Gasteiger partial charge in [-0.05, 0) is 18.4 Å². The first-order chi connectivity index (χ1) is 8.97. The van der Waals surface area contributed by atoms with E-state index < -0.39 is 0 Å². The lowest BCUT2D eigenvalue weighted by molar-refractivity contribution is -0.118. The summed E-state index contributed by atoms with van der Waals surface area (Å²) in [4.78, 5) is 13.4. The number of benzene rings is 1. The molecule has 0 atom stereocenters. The van der Waals surface area contributed by atoms with Crippen molar-refractivity contribution in [2.24, 2.45) is 5.92 Å². The summed E-state index contributed by atoms with van der Waals surface area (Å²) in [6, 6.07) is 3.65. The number of amides is 1. The lowest BCUT2D eigenvalue weighted by Gasteiger charge is -2.25. The molecule has 0 spiro atoms. The summed E-state index contributed by atoms with van der Waals surface area (Å²) >= 11 is 0. The number of carbonyl (C=O) groups is 1. The highest BCUT2D eigenvalue weighted by Crippen LogP contribution is 2.36. The number of fused-ring (bicyclic) bond motifs is 1. The van der Waals surface area contributed by atoms with Crippen LogP contribution in [0.5, 0.6) is 5.75 Å². The second-order valence-electron chi connectivity index (χ2n) is 5.35. The number of anilines is 3. The smallest absolute Gasteiger partial charge is 0.262 e. The first-order valence-electron chi connectivity index (χ1n) is 6.54. The van der Waals surface area contributed by atoms with Gasteiger partial charge in [-0.15, -0.1) is 0 Å². The molecule has 5 heteroatoms. The summed E-state index contributed by atoms with van der Waals surface area (Å²) in [5.74, 6) is 1.15. The largest absolute Gasteiger partial charge is 0.482 e. The van der Waals surface area contributed by atoms with Gasteiger partial charge in [-0.2, -0.15) is 0 Å². The normalized spacial score (nSPS) is 13.8. The Morgan fingerprint density at radius 1 is 1.47 bits per heavy atom. The number of hydrogen-bond donors (Lipinski definition) is 2. The molecule has 0 unspecified atom stereocenters. The first kappa shape index (κ1) is 13.5. The number of hydrogen-bond acceptors (Lipinski definition) is 4. The van der Waals surface area contributed by atoms with E-state index in [0.717, 1.165) is 18.7 Å². The molecule has 0 fully saturated rings. The first-order valence-corrected chi connectivity index (χ1v) is 6.54. The molecule has 3 N–H and O–H groups in total. The number of nitrogens with zero attached hydrogens (tertiary/aromatic N) is 1. The maximum Gasteiger partial charge on any atom is 0.262 e. The molecule has 0 saturated heterocycles. The zero-order valence-corrected chi connectivity index (χ0v) is 11.7. The SMILES string of the molecule is CC(C)CCN(C)c1cc2c(cc1N)OCC(=O)N2. The van der Waals surface area contributed by atoms with Crippen LogP contribution in [-0.4, -0.2) is 26.1 Å². The molecule has 0 bridgehead atoms. The highest BCUT2D eigenvalue weighted by atomic mass is 16.5. The number of rotatable bonds is 4. The molecule has 19 heavy (non-hydrogen) atoms. The van der Waals surface area contributed by atoms with E-state index in [4.69, 9.17) is 10.5 Å². The minimum absolute atomic E-state index is 0.0506. The van der Waals surface area contributed by atoms with Crippen molar-refractivity contribution >= 4 is 23.0 Å². The Labute approximate surface area is 113 Å². The average molecular weight is 263 g/mol. The van der Waals surface area contributed by atoms with E-state index in [-0.39, 0.29) is 12.5 Å². The number of nitrogens with two attached hydrogens (primary N) is 1. The van der Waals surface area contributed by atoms with Crippen LogP contribution in [-0.2, 0) is 4.79 Å². The van der Waals surface area contributed by atoms with E-state index in [0.29, 0.717) is 23.0 Å². The molecule has 1 aliphatic rings. The quantitative estimate of drug-likeness (QED) is 0.816. The second-order valence-corrected chi connectivity index (χ2v) is 5.35. The zero-order chi connectivity index (χ0) is 14.0. The molecule has 0 aromatic heterocycles. The van der Waals surface area contributed by atoms with Crippen molar-refractivity contribution < 1.29 is 9.53 Å². The third-order valence-corrected chi connectivity index (χ3v) is 3.21. The van der Waals surface area contributed by atoms with Gasteiger partial charge in [0, 0.05) is 19.7 Å². The van der Waals surface area contributed by atoms with Gasteiger partial charge in [0.25, 0.3) is 5.91 Å². The summed E-state index contributed by atoms with van der Waals surface area (Å²) in [5, 5.41) is 2.80. The predicted octanol–water partition coefficient (Wildman–Crippen LogP) is 2.08. The van der Waals surface area contributed by atoms with Crippen LogP contribution in [0.1, 0.15) is 20.3 Å². The predicted molar refractivity (Wildman–Crippen MR) is 77.7 cm³/mol. The van der Waals surface area contributed by atoms with Crippen molar-refractivity contribution in [1.82, 2.24) is 0 Å². The minimum Gasteiger partial charge on any atom is -0.482 e. The Morgan fingerprint density at radius 2 is 2.21 bits per heavy atom. The Bertz CT molecular complexity index is 486. The topological polar surface area (TPSA) is 67.6 Å². The van der Waals surface area contributed by atoms with Gasteiger partial charge in [0.1, 0.15) is 5.75 Å². The van der Waals surface area contributed by atoms with Gasteiger partial charge in [-0.1, -0.05) is 13.8 Å². The number of carbonyl (C=O) groups excluding carboxylic acids is 1. The third kappa shape index (κ3) is 3.10. The lowest BCUT2D eigenvalue weighted by atomic mass is 10.1. The van der Waals surface area contributed by atoms with Crippen LogP contribution < -0.4 is 20.7 Å². The molecule has 5 nitrogen and oxygen atoms in total. The van der Waals surface area contributed by atoms with Gasteiger partial charge >= 0.3 is 0 Å². The summed E-state index contributed by atoms with van der Waals surface area (Å²) in [6.45, 7) is 5.36.